The summed E-state index contributed by atoms with van der Waals surface area (Å²) in [7, 11) is 0. The monoisotopic (exact) mass is 172 g/mol. The molecule has 12 heavy (non-hydrogen) atoms. The van der Waals surface area contributed by atoms with Crippen LogP contribution in [0.4, 0.5) is 0 Å². The first-order valence-corrected chi connectivity index (χ1v) is 3.65. The lowest BCUT2D eigenvalue weighted by atomic mass is 10.1. The third kappa shape index (κ3) is 5.46. The molecule has 0 aliphatic rings. The summed E-state index contributed by atoms with van der Waals surface area (Å²) in [4.78, 5) is 20.3. The zero-order valence-corrected chi connectivity index (χ0v) is 6.86. The van der Waals surface area contributed by atoms with Gasteiger partial charge in [0.25, 0.3) is 0 Å². The Kier molecular flexibility index (Phi) is 4.76. The summed E-state index contributed by atoms with van der Waals surface area (Å²) in [6.45, 7) is 1.54. The molecule has 0 spiro atoms. The first kappa shape index (κ1) is 10.7. The quantitative estimate of drug-likeness (QED) is 0.609. The first-order valence-electron chi connectivity index (χ1n) is 3.65. The second-order valence-corrected chi connectivity index (χ2v) is 2.49. The van der Waals surface area contributed by atoms with Crippen LogP contribution in [-0.4, -0.2) is 22.2 Å². The lowest BCUT2D eigenvalue weighted by Gasteiger charge is -1.95. The number of hydrogen-bond acceptors (Lipinski definition) is 2. The van der Waals surface area contributed by atoms with Crippen molar-refractivity contribution in [2.24, 2.45) is 5.92 Å². The van der Waals surface area contributed by atoms with Crippen molar-refractivity contribution in [1.82, 2.24) is 0 Å². The second kappa shape index (κ2) is 5.35. The van der Waals surface area contributed by atoms with Gasteiger partial charge in [-0.05, 0) is 13.3 Å². The molecule has 0 bridgehead atoms. The number of aliphatic carboxylic acids is 2. The molecule has 0 aliphatic carbocycles. The summed E-state index contributed by atoms with van der Waals surface area (Å²) in [6.07, 6.45) is 3.49. The molecule has 1 atom stereocenters. The Bertz CT molecular complexity index is 195. The maximum Gasteiger partial charge on any atom is 0.310 e. The van der Waals surface area contributed by atoms with Crippen molar-refractivity contribution in [3.63, 3.8) is 0 Å². The fraction of sp³-hybridized carbons (Fsp3) is 0.500. The number of carbonyl (C=O) groups is 2. The Balaban J connectivity index is 3.62. The van der Waals surface area contributed by atoms with Crippen LogP contribution < -0.4 is 0 Å². The van der Waals surface area contributed by atoms with E-state index in [-0.39, 0.29) is 6.42 Å². The highest BCUT2D eigenvalue weighted by Gasteiger charge is 2.04. The number of carboxylic acid groups (broad SMARTS) is 2. The minimum atomic E-state index is -0.901. The molecule has 0 heterocycles. The van der Waals surface area contributed by atoms with Gasteiger partial charge in [0.15, 0.2) is 0 Å². The van der Waals surface area contributed by atoms with Crippen LogP contribution in [0.1, 0.15) is 19.8 Å². The van der Waals surface area contributed by atoms with Gasteiger partial charge in [-0.15, -0.1) is 0 Å². The van der Waals surface area contributed by atoms with Crippen LogP contribution in [0.15, 0.2) is 12.2 Å². The highest BCUT2D eigenvalue weighted by atomic mass is 16.4. The molecule has 4 heteroatoms. The predicted molar refractivity (Wildman–Crippen MR) is 42.8 cm³/mol. The molecule has 0 saturated carbocycles. The molecule has 0 fully saturated rings. The van der Waals surface area contributed by atoms with Gasteiger partial charge < -0.3 is 10.2 Å². The standard InChI is InChI=1S/C8H12O4/c1-6(8(11)12)4-2-3-5-7(9)10/h2,4,6H,3,5H2,1H3,(H,9,10)(H,11,12). The van der Waals surface area contributed by atoms with Gasteiger partial charge in [-0.2, -0.15) is 0 Å². The van der Waals surface area contributed by atoms with Gasteiger partial charge in [0.05, 0.1) is 5.92 Å². The van der Waals surface area contributed by atoms with Crippen LogP contribution >= 0.6 is 0 Å². The van der Waals surface area contributed by atoms with Gasteiger partial charge in [0.2, 0.25) is 0 Å². The SMILES string of the molecule is CC(C=CCCC(=O)O)C(=O)O. The van der Waals surface area contributed by atoms with Gasteiger partial charge >= 0.3 is 11.9 Å². The molecular weight excluding hydrogens is 160 g/mol. The molecule has 0 aromatic rings. The number of allylic oxidation sites excluding steroid dienone is 1. The number of hydrogen-bond donors (Lipinski definition) is 2. The Morgan fingerprint density at radius 2 is 2.00 bits per heavy atom. The molecule has 1 unspecified atom stereocenters. The minimum absolute atomic E-state index is 0.0445. The molecule has 0 radical (unpaired) electrons. The fourth-order valence-corrected chi connectivity index (χ4v) is 0.589. The van der Waals surface area contributed by atoms with E-state index in [2.05, 4.69) is 0 Å². The smallest absolute Gasteiger partial charge is 0.310 e. The van der Waals surface area contributed by atoms with E-state index >= 15 is 0 Å². The van der Waals surface area contributed by atoms with E-state index < -0.39 is 17.9 Å². The summed E-state index contributed by atoms with van der Waals surface area (Å²) in [5, 5.41) is 16.7. The normalized spacial score (nSPS) is 13.1. The minimum Gasteiger partial charge on any atom is -0.481 e. The third-order valence-corrected chi connectivity index (χ3v) is 1.34. The molecule has 0 aromatic heterocycles. The lowest BCUT2D eigenvalue weighted by Crippen LogP contribution is -2.05. The highest BCUT2D eigenvalue weighted by molar-refractivity contribution is 5.71. The van der Waals surface area contributed by atoms with Crippen molar-refractivity contribution >= 4 is 11.9 Å². The zero-order valence-electron chi connectivity index (χ0n) is 6.86. The summed E-state index contributed by atoms with van der Waals surface area (Å²) in [5.74, 6) is -2.32. The van der Waals surface area contributed by atoms with Crippen molar-refractivity contribution in [2.45, 2.75) is 19.8 Å². The van der Waals surface area contributed by atoms with Crippen molar-refractivity contribution < 1.29 is 19.8 Å². The van der Waals surface area contributed by atoms with Crippen LogP contribution in [0.25, 0.3) is 0 Å². The maximum atomic E-state index is 10.3. The van der Waals surface area contributed by atoms with Crippen molar-refractivity contribution in [3.05, 3.63) is 12.2 Å². The Morgan fingerprint density at radius 3 is 2.42 bits per heavy atom. The topological polar surface area (TPSA) is 74.6 Å². The first-order chi connectivity index (χ1) is 5.54. The molecular formula is C8H12O4. The largest absolute Gasteiger partial charge is 0.481 e. The Labute approximate surface area is 70.5 Å². The van der Waals surface area contributed by atoms with Gasteiger partial charge in [-0.25, -0.2) is 0 Å². The lowest BCUT2D eigenvalue weighted by molar-refractivity contribution is -0.139. The molecule has 4 nitrogen and oxygen atoms in total. The number of rotatable bonds is 5. The fourth-order valence-electron chi connectivity index (χ4n) is 0.589. The van der Waals surface area contributed by atoms with Crippen molar-refractivity contribution in [2.75, 3.05) is 0 Å². The summed E-state index contributed by atoms with van der Waals surface area (Å²) < 4.78 is 0. The second-order valence-electron chi connectivity index (χ2n) is 2.49. The Hall–Kier alpha value is -1.32. The molecule has 0 saturated heterocycles. The van der Waals surface area contributed by atoms with Crippen molar-refractivity contribution in [1.29, 1.82) is 0 Å². The van der Waals surface area contributed by atoms with Gasteiger partial charge in [0, 0.05) is 6.42 Å². The molecule has 0 rings (SSSR count). The summed E-state index contributed by atoms with van der Waals surface area (Å²) in [5.41, 5.74) is 0. The van der Waals surface area contributed by atoms with Gasteiger partial charge in [0.1, 0.15) is 0 Å². The molecule has 0 aliphatic heterocycles. The van der Waals surface area contributed by atoms with Crippen LogP contribution in [0.5, 0.6) is 0 Å². The van der Waals surface area contributed by atoms with E-state index in [1.807, 2.05) is 0 Å². The van der Waals surface area contributed by atoms with Crippen LogP contribution in [-0.2, 0) is 9.59 Å². The third-order valence-electron chi connectivity index (χ3n) is 1.34. The molecule has 68 valence electrons. The van der Waals surface area contributed by atoms with E-state index in [4.69, 9.17) is 10.2 Å². The van der Waals surface area contributed by atoms with E-state index in [0.29, 0.717) is 6.42 Å². The van der Waals surface area contributed by atoms with Gasteiger partial charge in [-0.1, -0.05) is 12.2 Å². The Morgan fingerprint density at radius 1 is 1.42 bits per heavy atom. The molecule has 2 N–H and O–H groups in total. The van der Waals surface area contributed by atoms with E-state index in [1.165, 1.54) is 6.08 Å². The zero-order chi connectivity index (χ0) is 9.56. The summed E-state index contributed by atoms with van der Waals surface area (Å²) in [6, 6.07) is 0. The molecule has 0 amide bonds. The van der Waals surface area contributed by atoms with Crippen LogP contribution in [0, 0.1) is 5.92 Å². The van der Waals surface area contributed by atoms with E-state index in [1.54, 1.807) is 13.0 Å². The van der Waals surface area contributed by atoms with E-state index in [9.17, 15) is 9.59 Å². The number of carboxylic acids is 2. The average molecular weight is 172 g/mol. The van der Waals surface area contributed by atoms with E-state index in [0.717, 1.165) is 0 Å². The predicted octanol–water partition coefficient (Wildman–Crippen LogP) is 1.13. The van der Waals surface area contributed by atoms with Crippen molar-refractivity contribution in [3.8, 4) is 0 Å². The van der Waals surface area contributed by atoms with Crippen LogP contribution in [0.2, 0.25) is 0 Å². The average Bonchev–Trinajstić information content (AvgIpc) is 1.97. The highest BCUT2D eigenvalue weighted by Crippen LogP contribution is 1.99. The summed E-state index contributed by atoms with van der Waals surface area (Å²) >= 11 is 0. The molecule has 0 aromatic carbocycles. The maximum absolute atomic E-state index is 10.3. The van der Waals surface area contributed by atoms with Crippen LogP contribution in [0.3, 0.4) is 0 Å². The van der Waals surface area contributed by atoms with Gasteiger partial charge in [-0.3, -0.25) is 9.59 Å².